The van der Waals surface area contributed by atoms with Gasteiger partial charge in [-0.3, -0.25) is 9.59 Å². The van der Waals surface area contributed by atoms with Gasteiger partial charge in [-0.05, 0) is 19.3 Å². The molecule has 1 atom stereocenters. The molecule has 6 nitrogen and oxygen atoms in total. The Labute approximate surface area is 133 Å². The molecule has 8 heteroatoms. The summed E-state index contributed by atoms with van der Waals surface area (Å²) in [6.07, 6.45) is 1.71. The van der Waals surface area contributed by atoms with E-state index in [4.69, 9.17) is 5.11 Å². The first kappa shape index (κ1) is 17.9. The average molecular weight is 482 g/mol. The molecule has 0 spiro atoms. The molecule has 0 rings (SSSR count). The molecule has 0 radical (unpaired) electrons. The molecule has 0 aromatic carbocycles. The number of amides is 2. The van der Waals surface area contributed by atoms with Crippen molar-refractivity contribution in [1.29, 1.82) is 0 Å². The minimum absolute atomic E-state index is 0.0244. The summed E-state index contributed by atoms with van der Waals surface area (Å²) in [5, 5.41) is 14.1. The van der Waals surface area contributed by atoms with Crippen LogP contribution in [0.2, 0.25) is 0 Å². The molecule has 0 aliphatic heterocycles. The Morgan fingerprint density at radius 1 is 1.06 bits per heavy atom. The molecule has 0 aromatic heterocycles. The first-order valence-electron chi connectivity index (χ1n) is 5.42. The zero-order chi connectivity index (χ0) is 14.0. The number of carboxylic acid groups (broad SMARTS) is 1. The van der Waals surface area contributed by atoms with Crippen LogP contribution < -0.4 is 10.6 Å². The van der Waals surface area contributed by atoms with Gasteiger partial charge in [-0.1, -0.05) is 45.2 Å². The first-order valence-corrected chi connectivity index (χ1v) is 8.47. The molecular formula is C10H16I2N2O4. The van der Waals surface area contributed by atoms with Gasteiger partial charge >= 0.3 is 5.97 Å². The molecule has 0 heterocycles. The maximum absolute atomic E-state index is 11.1. The number of aliphatic carboxylic acids is 1. The summed E-state index contributed by atoms with van der Waals surface area (Å²) in [5.41, 5.74) is 0. The highest BCUT2D eigenvalue weighted by atomic mass is 127. The van der Waals surface area contributed by atoms with Crippen LogP contribution in [0.3, 0.4) is 0 Å². The molecule has 0 aliphatic carbocycles. The van der Waals surface area contributed by atoms with Crippen molar-refractivity contribution < 1.29 is 19.5 Å². The minimum atomic E-state index is -1.02. The number of halogens is 2. The molecule has 2 amide bonds. The maximum Gasteiger partial charge on any atom is 0.326 e. The molecule has 0 aliphatic rings. The van der Waals surface area contributed by atoms with E-state index < -0.39 is 12.0 Å². The van der Waals surface area contributed by atoms with Gasteiger partial charge in [0.05, 0.1) is 8.86 Å². The third kappa shape index (κ3) is 8.89. The summed E-state index contributed by atoms with van der Waals surface area (Å²) in [6, 6.07) is -0.840. The van der Waals surface area contributed by atoms with Crippen molar-refractivity contribution in [3.8, 4) is 0 Å². The molecule has 0 bridgehead atoms. The lowest BCUT2D eigenvalue weighted by Crippen LogP contribution is -2.41. The highest BCUT2D eigenvalue weighted by Crippen LogP contribution is 2.01. The number of carbonyl (C=O) groups excluding carboxylic acids is 2. The standard InChI is InChI=1S/C10H16I2N2O4/c11-5-8(15)13-4-2-1-3-7(10(17)18)14-9(16)6-12/h7H,1-6H2,(H,13,15)(H,14,16)(H,17,18)/t7-/m0/s1. The van der Waals surface area contributed by atoms with Crippen LogP contribution in [0.1, 0.15) is 19.3 Å². The van der Waals surface area contributed by atoms with Crippen LogP contribution in [0, 0.1) is 0 Å². The van der Waals surface area contributed by atoms with Crippen molar-refractivity contribution in [2.75, 3.05) is 15.4 Å². The predicted molar refractivity (Wildman–Crippen MR) is 84.2 cm³/mol. The van der Waals surface area contributed by atoms with Gasteiger partial charge in [0.2, 0.25) is 11.8 Å². The zero-order valence-electron chi connectivity index (χ0n) is 9.75. The van der Waals surface area contributed by atoms with Gasteiger partial charge in [-0.2, -0.15) is 0 Å². The Kier molecular flexibility index (Phi) is 10.7. The second-order valence-corrected chi connectivity index (χ2v) is 5.10. The van der Waals surface area contributed by atoms with E-state index in [9.17, 15) is 14.4 Å². The Bertz CT molecular complexity index is 300. The van der Waals surface area contributed by atoms with E-state index in [0.717, 1.165) is 0 Å². The summed E-state index contributed by atoms with van der Waals surface area (Å²) in [4.78, 5) is 32.9. The third-order valence-electron chi connectivity index (χ3n) is 2.12. The zero-order valence-corrected chi connectivity index (χ0v) is 14.1. The lowest BCUT2D eigenvalue weighted by Gasteiger charge is -2.13. The summed E-state index contributed by atoms with van der Waals surface area (Å²) in [5.74, 6) is -1.32. The third-order valence-corrected chi connectivity index (χ3v) is 3.50. The van der Waals surface area contributed by atoms with Crippen LogP contribution in [-0.2, 0) is 14.4 Å². The maximum atomic E-state index is 11.1. The van der Waals surface area contributed by atoms with Crippen molar-refractivity contribution in [3.63, 3.8) is 0 Å². The van der Waals surface area contributed by atoms with Gasteiger partial charge in [0.15, 0.2) is 0 Å². The first-order chi connectivity index (χ1) is 8.51. The van der Waals surface area contributed by atoms with E-state index >= 15 is 0 Å². The molecule has 0 saturated carbocycles. The lowest BCUT2D eigenvalue weighted by atomic mass is 10.1. The predicted octanol–water partition coefficient (Wildman–Crippen LogP) is 0.712. The van der Waals surface area contributed by atoms with E-state index in [1.54, 1.807) is 0 Å². The van der Waals surface area contributed by atoms with E-state index in [1.807, 2.05) is 45.2 Å². The summed E-state index contributed by atoms with van der Waals surface area (Å²) < 4.78 is 0.661. The molecular weight excluding hydrogens is 466 g/mol. The van der Waals surface area contributed by atoms with Gasteiger partial charge in [0, 0.05) is 6.54 Å². The number of carbonyl (C=O) groups is 3. The largest absolute Gasteiger partial charge is 0.480 e. The summed E-state index contributed by atoms with van der Waals surface area (Å²) >= 11 is 3.85. The number of alkyl halides is 2. The smallest absolute Gasteiger partial charge is 0.326 e. The van der Waals surface area contributed by atoms with Gasteiger partial charge in [-0.15, -0.1) is 0 Å². The van der Waals surface area contributed by atoms with Crippen LogP contribution in [0.25, 0.3) is 0 Å². The van der Waals surface area contributed by atoms with Crippen molar-refractivity contribution in [3.05, 3.63) is 0 Å². The summed E-state index contributed by atoms with van der Waals surface area (Å²) in [6.45, 7) is 0.536. The lowest BCUT2D eigenvalue weighted by molar-refractivity contribution is -0.141. The van der Waals surface area contributed by atoms with Gasteiger partial charge in [0.1, 0.15) is 6.04 Å². The Balaban J connectivity index is 3.81. The molecule has 0 unspecified atom stereocenters. The summed E-state index contributed by atoms with van der Waals surface area (Å²) in [7, 11) is 0. The Hall–Kier alpha value is -0.130. The second-order valence-electron chi connectivity index (χ2n) is 3.57. The number of hydrogen-bond donors (Lipinski definition) is 3. The van der Waals surface area contributed by atoms with Crippen molar-refractivity contribution in [2.24, 2.45) is 0 Å². The van der Waals surface area contributed by atoms with Gasteiger partial charge in [-0.25, -0.2) is 4.79 Å². The minimum Gasteiger partial charge on any atom is -0.480 e. The van der Waals surface area contributed by atoms with Crippen molar-refractivity contribution >= 4 is 63.0 Å². The fourth-order valence-corrected chi connectivity index (χ4v) is 1.73. The van der Waals surface area contributed by atoms with E-state index in [1.165, 1.54) is 0 Å². The number of rotatable bonds is 9. The Morgan fingerprint density at radius 3 is 2.17 bits per heavy atom. The molecule has 0 saturated heterocycles. The Morgan fingerprint density at radius 2 is 1.67 bits per heavy atom. The number of hydrogen-bond acceptors (Lipinski definition) is 3. The van der Waals surface area contributed by atoms with E-state index in [-0.39, 0.29) is 16.2 Å². The number of unbranched alkanes of at least 4 members (excludes halogenated alkanes) is 1. The van der Waals surface area contributed by atoms with Crippen LogP contribution >= 0.6 is 45.2 Å². The van der Waals surface area contributed by atoms with Gasteiger partial charge < -0.3 is 15.7 Å². The monoisotopic (exact) mass is 482 g/mol. The molecule has 0 fully saturated rings. The number of nitrogens with one attached hydrogen (secondary N) is 2. The molecule has 18 heavy (non-hydrogen) atoms. The van der Waals surface area contributed by atoms with Crippen molar-refractivity contribution in [1.82, 2.24) is 10.6 Å². The van der Waals surface area contributed by atoms with Crippen LogP contribution in [0.4, 0.5) is 0 Å². The van der Waals surface area contributed by atoms with Gasteiger partial charge in [0.25, 0.3) is 0 Å². The molecule has 0 aromatic rings. The molecule has 3 N–H and O–H groups in total. The van der Waals surface area contributed by atoms with E-state index in [2.05, 4.69) is 10.6 Å². The fourth-order valence-electron chi connectivity index (χ4n) is 1.24. The van der Waals surface area contributed by atoms with E-state index in [0.29, 0.717) is 30.2 Å². The topological polar surface area (TPSA) is 95.5 Å². The second kappa shape index (κ2) is 10.8. The van der Waals surface area contributed by atoms with Crippen LogP contribution in [0.5, 0.6) is 0 Å². The average Bonchev–Trinajstić information content (AvgIpc) is 2.35. The molecule has 104 valence electrons. The van der Waals surface area contributed by atoms with Crippen LogP contribution in [-0.4, -0.2) is 44.3 Å². The quantitative estimate of drug-likeness (QED) is 0.257. The highest BCUT2D eigenvalue weighted by Gasteiger charge is 2.18. The highest BCUT2D eigenvalue weighted by molar-refractivity contribution is 14.1. The normalized spacial score (nSPS) is 11.7. The fraction of sp³-hybridized carbons (Fsp3) is 0.700. The SMILES string of the molecule is O=C(CI)NCCCC[C@H](NC(=O)CI)C(=O)O. The number of carboxylic acids is 1. The van der Waals surface area contributed by atoms with Crippen LogP contribution in [0.15, 0.2) is 0 Å². The van der Waals surface area contributed by atoms with Crippen molar-refractivity contribution in [2.45, 2.75) is 25.3 Å².